The average molecular weight is 378 g/mol. The maximum atomic E-state index is 12.2. The van der Waals surface area contributed by atoms with Gasteiger partial charge in [0.25, 0.3) is 5.24 Å². The minimum Gasteiger partial charge on any atom is -0.489 e. The molecule has 1 aliphatic rings. The summed E-state index contributed by atoms with van der Waals surface area (Å²) in [7, 11) is 1.50. The van der Waals surface area contributed by atoms with Gasteiger partial charge in [-0.2, -0.15) is 0 Å². The van der Waals surface area contributed by atoms with E-state index in [1.165, 1.54) is 12.6 Å². The van der Waals surface area contributed by atoms with Crippen LogP contribution in [0.15, 0.2) is 54.7 Å². The van der Waals surface area contributed by atoms with Gasteiger partial charge in [-0.15, -0.1) is 0 Å². The van der Waals surface area contributed by atoms with E-state index in [1.54, 1.807) is 6.20 Å². The smallest absolute Gasteiger partial charge is 0.289 e. The topological polar surface area (TPSA) is 59.5 Å². The third-order valence-electron chi connectivity index (χ3n) is 4.68. The normalized spacial score (nSPS) is 17.0. The molecule has 0 N–H and O–H groups in total. The van der Waals surface area contributed by atoms with Gasteiger partial charge in [0.15, 0.2) is 0 Å². The quantitative estimate of drug-likeness (QED) is 0.669. The summed E-state index contributed by atoms with van der Waals surface area (Å²) in [5, 5.41) is 0.160. The van der Waals surface area contributed by atoms with Crippen molar-refractivity contribution >= 4 is 33.8 Å². The highest BCUT2D eigenvalue weighted by molar-refractivity contribution is 8.14. The van der Waals surface area contributed by atoms with E-state index in [-0.39, 0.29) is 11.1 Å². The number of benzene rings is 2. The Morgan fingerprint density at radius 3 is 2.70 bits per heavy atom. The molecule has 4 rings (SSSR count). The highest BCUT2D eigenvalue weighted by Gasteiger charge is 2.38. The van der Waals surface area contributed by atoms with Gasteiger partial charge >= 0.3 is 0 Å². The molecule has 2 amide bonds. The van der Waals surface area contributed by atoms with Crippen LogP contribution in [-0.4, -0.2) is 28.1 Å². The monoisotopic (exact) mass is 378 g/mol. The maximum absolute atomic E-state index is 12.2. The van der Waals surface area contributed by atoms with Gasteiger partial charge in [0.05, 0.1) is 5.52 Å². The Bertz CT molecular complexity index is 1050. The van der Waals surface area contributed by atoms with Crippen LogP contribution in [-0.2, 0) is 11.4 Å². The van der Waals surface area contributed by atoms with Crippen molar-refractivity contribution in [2.45, 2.75) is 18.8 Å². The predicted molar refractivity (Wildman–Crippen MR) is 106 cm³/mol. The van der Waals surface area contributed by atoms with Crippen LogP contribution in [0.1, 0.15) is 21.9 Å². The van der Waals surface area contributed by atoms with Crippen molar-refractivity contribution in [3.05, 3.63) is 71.4 Å². The molecule has 0 saturated carbocycles. The summed E-state index contributed by atoms with van der Waals surface area (Å²) in [4.78, 5) is 29.5. The van der Waals surface area contributed by atoms with Crippen LogP contribution in [0.25, 0.3) is 10.9 Å². The van der Waals surface area contributed by atoms with Crippen molar-refractivity contribution in [1.29, 1.82) is 0 Å². The van der Waals surface area contributed by atoms with Crippen molar-refractivity contribution in [2.24, 2.45) is 0 Å². The Morgan fingerprint density at radius 1 is 1.15 bits per heavy atom. The second-order valence-corrected chi connectivity index (χ2v) is 7.56. The number of aromatic nitrogens is 1. The zero-order valence-corrected chi connectivity index (χ0v) is 15.8. The number of pyridine rings is 1. The lowest BCUT2D eigenvalue weighted by atomic mass is 10.1. The molecule has 5 nitrogen and oxygen atoms in total. The number of hydrogen-bond donors (Lipinski definition) is 0. The van der Waals surface area contributed by atoms with Gasteiger partial charge in [-0.25, -0.2) is 0 Å². The number of hydrogen-bond acceptors (Lipinski definition) is 5. The molecule has 6 heteroatoms. The molecule has 3 aromatic rings. The SMILES string of the molecule is Cc1ccccc1COc1ccc2cc(C3SC(=O)N(C)C3=O)cnc2c1. The molecule has 1 atom stereocenters. The van der Waals surface area contributed by atoms with Crippen molar-refractivity contribution in [1.82, 2.24) is 9.88 Å². The van der Waals surface area contributed by atoms with Gasteiger partial charge in [0.2, 0.25) is 5.91 Å². The number of aryl methyl sites for hydroxylation is 1. The highest BCUT2D eigenvalue weighted by atomic mass is 32.2. The number of rotatable bonds is 4. The lowest BCUT2D eigenvalue weighted by Gasteiger charge is -2.11. The Kier molecular flexibility index (Phi) is 4.58. The van der Waals surface area contributed by atoms with E-state index in [2.05, 4.69) is 24.0 Å². The summed E-state index contributed by atoms with van der Waals surface area (Å²) in [6.07, 6.45) is 1.66. The number of thioether (sulfide) groups is 1. The van der Waals surface area contributed by atoms with Crippen LogP contribution < -0.4 is 4.74 Å². The molecular weight excluding hydrogens is 360 g/mol. The molecule has 1 unspecified atom stereocenters. The van der Waals surface area contributed by atoms with Crippen LogP contribution in [0.2, 0.25) is 0 Å². The third kappa shape index (κ3) is 3.40. The lowest BCUT2D eigenvalue weighted by Crippen LogP contribution is -2.24. The van der Waals surface area contributed by atoms with E-state index in [1.807, 2.05) is 36.4 Å². The first kappa shape index (κ1) is 17.5. The predicted octanol–water partition coefficient (Wildman–Crippen LogP) is 4.49. The van der Waals surface area contributed by atoms with Crippen LogP contribution in [0.4, 0.5) is 4.79 Å². The fourth-order valence-electron chi connectivity index (χ4n) is 2.99. The number of amides is 2. The minimum atomic E-state index is -0.517. The molecule has 0 spiro atoms. The molecule has 27 heavy (non-hydrogen) atoms. The molecule has 1 aliphatic heterocycles. The molecule has 1 aromatic heterocycles. The van der Waals surface area contributed by atoms with Gasteiger partial charge in [0.1, 0.15) is 17.6 Å². The number of fused-ring (bicyclic) bond motifs is 1. The first-order valence-electron chi connectivity index (χ1n) is 8.58. The molecule has 1 saturated heterocycles. The largest absolute Gasteiger partial charge is 0.489 e. The van der Waals surface area contributed by atoms with Crippen molar-refractivity contribution in [3.8, 4) is 5.75 Å². The number of carbonyl (C=O) groups is 2. The average Bonchev–Trinajstić information content (AvgIpc) is 2.94. The summed E-state index contributed by atoms with van der Waals surface area (Å²) in [6, 6.07) is 15.7. The molecule has 2 heterocycles. The zero-order chi connectivity index (χ0) is 19.0. The number of imide groups is 1. The van der Waals surface area contributed by atoms with Crippen LogP contribution in [0.3, 0.4) is 0 Å². The van der Waals surface area contributed by atoms with Crippen LogP contribution in [0, 0.1) is 6.92 Å². The molecule has 136 valence electrons. The molecule has 0 bridgehead atoms. The Hall–Kier alpha value is -2.86. The van der Waals surface area contributed by atoms with E-state index in [0.29, 0.717) is 6.61 Å². The van der Waals surface area contributed by atoms with Gasteiger partial charge in [-0.05, 0) is 53.6 Å². The summed E-state index contributed by atoms with van der Waals surface area (Å²) in [6.45, 7) is 2.56. The van der Waals surface area contributed by atoms with Crippen LogP contribution >= 0.6 is 11.8 Å². The first-order chi connectivity index (χ1) is 13.0. The lowest BCUT2D eigenvalue weighted by molar-refractivity contribution is -0.125. The number of ether oxygens (including phenoxy) is 1. The summed E-state index contributed by atoms with van der Waals surface area (Å²) >= 11 is 1.03. The van der Waals surface area contributed by atoms with Gasteiger partial charge < -0.3 is 4.74 Å². The Balaban J connectivity index is 1.55. The van der Waals surface area contributed by atoms with Gasteiger partial charge in [-0.1, -0.05) is 24.3 Å². The number of nitrogens with zero attached hydrogens (tertiary/aromatic N) is 2. The van der Waals surface area contributed by atoms with E-state index < -0.39 is 5.25 Å². The minimum absolute atomic E-state index is 0.204. The first-order valence-corrected chi connectivity index (χ1v) is 9.46. The summed E-state index contributed by atoms with van der Waals surface area (Å²) < 4.78 is 5.91. The van der Waals surface area contributed by atoms with E-state index in [9.17, 15) is 9.59 Å². The summed E-state index contributed by atoms with van der Waals surface area (Å²) in [5.74, 6) is 0.538. The Labute approximate surface area is 161 Å². The Morgan fingerprint density at radius 2 is 1.96 bits per heavy atom. The third-order valence-corrected chi connectivity index (χ3v) is 5.87. The highest BCUT2D eigenvalue weighted by Crippen LogP contribution is 2.39. The maximum Gasteiger partial charge on any atom is 0.289 e. The fourth-order valence-corrected chi connectivity index (χ4v) is 3.96. The van der Waals surface area contributed by atoms with Gasteiger partial charge in [0, 0.05) is 24.7 Å². The fraction of sp³-hybridized carbons (Fsp3) is 0.190. The van der Waals surface area contributed by atoms with Crippen molar-refractivity contribution in [3.63, 3.8) is 0 Å². The van der Waals surface area contributed by atoms with Crippen molar-refractivity contribution < 1.29 is 14.3 Å². The number of carbonyl (C=O) groups excluding carboxylic acids is 2. The molecule has 2 aromatic carbocycles. The molecular formula is C21H18N2O3S. The van der Waals surface area contributed by atoms with Crippen LogP contribution in [0.5, 0.6) is 5.75 Å². The standard InChI is InChI=1S/C21H18N2O3S/c1-13-5-3-4-6-15(13)12-26-17-8-7-14-9-16(11-22-18(14)10-17)19-20(24)23(2)21(25)27-19/h3-11,19H,12H2,1-2H3. The van der Waals surface area contributed by atoms with E-state index in [4.69, 9.17) is 4.74 Å². The second-order valence-electron chi connectivity index (χ2n) is 6.50. The van der Waals surface area contributed by atoms with E-state index in [0.717, 1.165) is 44.4 Å². The molecule has 0 radical (unpaired) electrons. The zero-order valence-electron chi connectivity index (χ0n) is 15.0. The summed E-state index contributed by atoms with van der Waals surface area (Å²) in [5.41, 5.74) is 3.87. The number of likely N-dealkylation sites (N-methyl/N-ethyl adjacent to an activating group) is 1. The van der Waals surface area contributed by atoms with E-state index >= 15 is 0 Å². The van der Waals surface area contributed by atoms with Crippen molar-refractivity contribution in [2.75, 3.05) is 7.05 Å². The molecule has 0 aliphatic carbocycles. The van der Waals surface area contributed by atoms with Gasteiger partial charge in [-0.3, -0.25) is 19.5 Å². The molecule has 1 fully saturated rings. The second kappa shape index (κ2) is 7.04.